The third-order valence-corrected chi connectivity index (χ3v) is 7.59. The van der Waals surface area contributed by atoms with Gasteiger partial charge in [-0.1, -0.05) is 25.1 Å². The van der Waals surface area contributed by atoms with Crippen LogP contribution in [0.3, 0.4) is 0 Å². The predicted octanol–water partition coefficient (Wildman–Crippen LogP) is 3.32. The molecular weight excluding hydrogens is 388 g/mol. The lowest BCUT2D eigenvalue weighted by Gasteiger charge is -2.31. The van der Waals surface area contributed by atoms with E-state index in [0.717, 1.165) is 24.8 Å². The number of amides is 1. The Morgan fingerprint density at radius 1 is 1.14 bits per heavy atom. The first-order chi connectivity index (χ1) is 13.9. The largest absolute Gasteiger partial charge is 0.495 e. The summed E-state index contributed by atoms with van der Waals surface area (Å²) in [6, 6.07) is 12.3. The van der Waals surface area contributed by atoms with Crippen LogP contribution < -0.4 is 9.04 Å². The molecule has 2 aliphatic rings. The minimum Gasteiger partial charge on any atom is -0.495 e. The van der Waals surface area contributed by atoms with Crippen molar-refractivity contribution in [2.24, 2.45) is 5.92 Å². The highest BCUT2D eigenvalue weighted by atomic mass is 32.2. The predicted molar refractivity (Wildman–Crippen MR) is 112 cm³/mol. The van der Waals surface area contributed by atoms with Crippen LogP contribution in [0.5, 0.6) is 5.75 Å². The Bertz CT molecular complexity index is 1030. The van der Waals surface area contributed by atoms with E-state index < -0.39 is 10.0 Å². The van der Waals surface area contributed by atoms with Crippen LogP contribution in [-0.4, -0.2) is 46.0 Å². The van der Waals surface area contributed by atoms with Crippen LogP contribution in [0.2, 0.25) is 0 Å². The number of methoxy groups -OCH3 is 1. The second-order valence-electron chi connectivity index (χ2n) is 7.82. The van der Waals surface area contributed by atoms with E-state index in [1.165, 1.54) is 17.5 Å². The summed E-state index contributed by atoms with van der Waals surface area (Å²) < 4.78 is 34.0. The Balaban J connectivity index is 1.75. The first-order valence-corrected chi connectivity index (χ1v) is 11.4. The van der Waals surface area contributed by atoms with Gasteiger partial charge in [0.15, 0.2) is 0 Å². The number of benzene rings is 2. The zero-order valence-electron chi connectivity index (χ0n) is 16.8. The Labute approximate surface area is 172 Å². The van der Waals surface area contributed by atoms with Crippen molar-refractivity contribution in [1.82, 2.24) is 4.90 Å². The summed E-state index contributed by atoms with van der Waals surface area (Å²) in [7, 11) is -2.42. The summed E-state index contributed by atoms with van der Waals surface area (Å²) in [6.45, 7) is 3.93. The minimum atomic E-state index is -3.87. The van der Waals surface area contributed by atoms with Crippen molar-refractivity contribution in [3.05, 3.63) is 53.6 Å². The molecule has 0 aliphatic carbocycles. The van der Waals surface area contributed by atoms with Crippen molar-refractivity contribution in [3.63, 3.8) is 0 Å². The number of anilines is 1. The van der Waals surface area contributed by atoms with Gasteiger partial charge in [-0.25, -0.2) is 8.42 Å². The van der Waals surface area contributed by atoms with Crippen molar-refractivity contribution in [2.75, 3.05) is 31.0 Å². The molecule has 7 heteroatoms. The summed E-state index contributed by atoms with van der Waals surface area (Å²) in [5.74, 6) is 0.581. The molecule has 6 nitrogen and oxygen atoms in total. The molecule has 0 bridgehead atoms. The quantitative estimate of drug-likeness (QED) is 0.770. The average Bonchev–Trinajstić information content (AvgIpc) is 3.18. The molecule has 2 aliphatic heterocycles. The van der Waals surface area contributed by atoms with E-state index in [4.69, 9.17) is 4.74 Å². The smallest absolute Gasteiger partial charge is 0.268 e. The molecule has 2 aromatic rings. The van der Waals surface area contributed by atoms with Gasteiger partial charge >= 0.3 is 0 Å². The molecule has 0 spiro atoms. The fraction of sp³-hybridized carbons (Fsp3) is 0.409. The third kappa shape index (κ3) is 3.59. The number of carbonyl (C=O) groups excluding carboxylic acids is 1. The van der Waals surface area contributed by atoms with Crippen LogP contribution in [0, 0.1) is 5.92 Å². The van der Waals surface area contributed by atoms with Gasteiger partial charge in [0.1, 0.15) is 10.6 Å². The number of rotatable bonds is 4. The third-order valence-electron chi connectivity index (χ3n) is 5.76. The van der Waals surface area contributed by atoms with Gasteiger partial charge in [0.25, 0.3) is 15.9 Å². The second kappa shape index (κ2) is 7.71. The van der Waals surface area contributed by atoms with Crippen molar-refractivity contribution in [3.8, 4) is 5.75 Å². The van der Waals surface area contributed by atoms with E-state index in [9.17, 15) is 13.2 Å². The summed E-state index contributed by atoms with van der Waals surface area (Å²) in [4.78, 5) is 14.8. The Morgan fingerprint density at radius 2 is 1.93 bits per heavy atom. The standard InChI is InChI=1S/C22H26N2O4S/c1-16-11-13-23(15-16)22(25)18-9-10-20(28-2)21(14-18)29(26,27)24-12-5-7-17-6-3-4-8-19(17)24/h3-4,6,8-10,14,16H,5,7,11-13,15H2,1-2H3. The van der Waals surface area contributed by atoms with E-state index in [1.54, 1.807) is 17.0 Å². The number of nitrogens with zero attached hydrogens (tertiary/aromatic N) is 2. The van der Waals surface area contributed by atoms with Crippen molar-refractivity contribution in [2.45, 2.75) is 31.1 Å². The average molecular weight is 415 g/mol. The SMILES string of the molecule is COc1ccc(C(=O)N2CCC(C)C2)cc1S(=O)(=O)N1CCCc2ccccc21. The van der Waals surface area contributed by atoms with Crippen LogP contribution >= 0.6 is 0 Å². The highest BCUT2D eigenvalue weighted by Crippen LogP contribution is 2.35. The van der Waals surface area contributed by atoms with Crippen LogP contribution in [0.15, 0.2) is 47.4 Å². The summed E-state index contributed by atoms with van der Waals surface area (Å²) in [5.41, 5.74) is 2.09. The molecule has 1 fully saturated rings. The fourth-order valence-electron chi connectivity index (χ4n) is 4.18. The van der Waals surface area contributed by atoms with E-state index in [-0.39, 0.29) is 16.6 Å². The van der Waals surface area contributed by atoms with Crippen molar-refractivity contribution in [1.29, 1.82) is 0 Å². The Kier molecular flexibility index (Phi) is 5.25. The minimum absolute atomic E-state index is 0.0369. The molecule has 2 heterocycles. The number of fused-ring (bicyclic) bond motifs is 1. The number of para-hydroxylation sites is 1. The lowest BCUT2D eigenvalue weighted by molar-refractivity contribution is 0.0788. The molecular formula is C22H26N2O4S. The summed E-state index contributed by atoms with van der Waals surface area (Å²) in [5, 5.41) is 0. The highest BCUT2D eigenvalue weighted by molar-refractivity contribution is 7.93. The van der Waals surface area contributed by atoms with E-state index in [0.29, 0.717) is 36.8 Å². The van der Waals surface area contributed by atoms with Gasteiger partial charge in [0, 0.05) is 25.2 Å². The van der Waals surface area contributed by atoms with Crippen LogP contribution in [0.4, 0.5) is 5.69 Å². The zero-order chi connectivity index (χ0) is 20.6. The molecule has 0 radical (unpaired) electrons. The monoisotopic (exact) mass is 414 g/mol. The number of carbonyl (C=O) groups is 1. The van der Waals surface area contributed by atoms with Gasteiger partial charge in [-0.3, -0.25) is 9.10 Å². The number of ether oxygens (including phenoxy) is 1. The van der Waals surface area contributed by atoms with Crippen molar-refractivity contribution < 1.29 is 17.9 Å². The van der Waals surface area contributed by atoms with Gasteiger partial charge in [-0.05, 0) is 55.0 Å². The van der Waals surface area contributed by atoms with Gasteiger partial charge < -0.3 is 9.64 Å². The topological polar surface area (TPSA) is 66.9 Å². The maximum absolute atomic E-state index is 13.6. The molecule has 0 N–H and O–H groups in total. The van der Waals surface area contributed by atoms with E-state index in [2.05, 4.69) is 6.92 Å². The second-order valence-corrected chi connectivity index (χ2v) is 9.65. The normalized spacial score (nSPS) is 19.2. The Morgan fingerprint density at radius 3 is 2.66 bits per heavy atom. The Hall–Kier alpha value is -2.54. The molecule has 29 heavy (non-hydrogen) atoms. The number of likely N-dealkylation sites (tertiary alicyclic amines) is 1. The maximum atomic E-state index is 13.6. The first kappa shape index (κ1) is 19.8. The van der Waals surface area contributed by atoms with Gasteiger partial charge in [-0.15, -0.1) is 0 Å². The highest BCUT2D eigenvalue weighted by Gasteiger charge is 2.33. The van der Waals surface area contributed by atoms with E-state index >= 15 is 0 Å². The number of hydrogen-bond acceptors (Lipinski definition) is 4. The molecule has 0 aromatic heterocycles. The fourth-order valence-corrected chi connectivity index (χ4v) is 5.91. The lowest BCUT2D eigenvalue weighted by atomic mass is 10.0. The number of aryl methyl sites for hydroxylation is 1. The zero-order valence-corrected chi connectivity index (χ0v) is 17.6. The molecule has 1 amide bonds. The van der Waals surface area contributed by atoms with Gasteiger partial charge in [0.2, 0.25) is 0 Å². The van der Waals surface area contributed by atoms with Crippen molar-refractivity contribution >= 4 is 21.6 Å². The molecule has 4 rings (SSSR count). The molecule has 1 unspecified atom stereocenters. The first-order valence-electron chi connectivity index (χ1n) is 10.00. The molecule has 2 aromatic carbocycles. The molecule has 0 saturated carbocycles. The van der Waals surface area contributed by atoms with Crippen LogP contribution in [0.1, 0.15) is 35.7 Å². The summed E-state index contributed by atoms with van der Waals surface area (Å²) in [6.07, 6.45) is 2.57. The number of sulfonamides is 1. The molecule has 1 saturated heterocycles. The van der Waals surface area contributed by atoms with Crippen LogP contribution in [0.25, 0.3) is 0 Å². The maximum Gasteiger partial charge on any atom is 0.268 e. The molecule has 154 valence electrons. The van der Waals surface area contributed by atoms with Gasteiger partial charge in [-0.2, -0.15) is 0 Å². The van der Waals surface area contributed by atoms with Gasteiger partial charge in [0.05, 0.1) is 12.8 Å². The summed E-state index contributed by atoms with van der Waals surface area (Å²) >= 11 is 0. The lowest BCUT2D eigenvalue weighted by Crippen LogP contribution is -2.36. The van der Waals surface area contributed by atoms with Crippen LogP contribution in [-0.2, 0) is 16.4 Å². The van der Waals surface area contributed by atoms with E-state index in [1.807, 2.05) is 24.3 Å². The number of hydrogen-bond donors (Lipinski definition) is 0. The molecule has 1 atom stereocenters.